The van der Waals surface area contributed by atoms with Crippen LogP contribution in [0.3, 0.4) is 0 Å². The zero-order chi connectivity index (χ0) is 17.6. The van der Waals surface area contributed by atoms with E-state index < -0.39 is 0 Å². The zero-order valence-corrected chi connectivity index (χ0v) is 15.0. The second kappa shape index (κ2) is 12.3. The number of ether oxygens (including phenoxy) is 4. The third kappa shape index (κ3) is 12.0. The third-order valence-corrected chi connectivity index (χ3v) is 3.79. The second-order valence-electron chi connectivity index (χ2n) is 6.44. The molecule has 0 aliphatic carbocycles. The summed E-state index contributed by atoms with van der Waals surface area (Å²) in [6.07, 6.45) is 4.50. The van der Waals surface area contributed by atoms with Crippen LogP contribution in [0.2, 0.25) is 0 Å². The maximum absolute atomic E-state index is 10.3. The molecule has 0 fully saturated rings. The van der Waals surface area contributed by atoms with Crippen molar-refractivity contribution in [2.45, 2.75) is 71.0 Å². The molecule has 6 heteroatoms. The first-order valence-corrected chi connectivity index (χ1v) is 8.27. The van der Waals surface area contributed by atoms with Gasteiger partial charge in [-0.15, -0.1) is 0 Å². The van der Waals surface area contributed by atoms with E-state index in [1.54, 1.807) is 0 Å². The van der Waals surface area contributed by atoms with Gasteiger partial charge in [-0.3, -0.25) is 9.59 Å². The fourth-order valence-electron chi connectivity index (χ4n) is 2.17. The summed E-state index contributed by atoms with van der Waals surface area (Å²) in [5.41, 5.74) is -0.646. The van der Waals surface area contributed by atoms with Crippen molar-refractivity contribution in [3.05, 3.63) is 0 Å². The average Bonchev–Trinajstić information content (AvgIpc) is 2.50. The van der Waals surface area contributed by atoms with Crippen molar-refractivity contribution < 1.29 is 28.5 Å². The number of carbonyl (C=O) groups is 2. The molecule has 0 aromatic rings. The highest BCUT2D eigenvalue weighted by atomic mass is 16.6. The summed E-state index contributed by atoms with van der Waals surface area (Å²) in [5.74, 6) is 0. The molecule has 0 aliphatic heterocycles. The van der Waals surface area contributed by atoms with Gasteiger partial charge in [0.1, 0.15) is 6.61 Å². The lowest BCUT2D eigenvalue weighted by Gasteiger charge is -2.32. The van der Waals surface area contributed by atoms with Crippen LogP contribution in [0.1, 0.15) is 59.8 Å². The summed E-state index contributed by atoms with van der Waals surface area (Å²) < 4.78 is 21.2. The van der Waals surface area contributed by atoms with E-state index in [4.69, 9.17) is 14.2 Å². The fraction of sp³-hybridized carbons (Fsp3) is 0.882. The van der Waals surface area contributed by atoms with Crippen molar-refractivity contribution in [3.63, 3.8) is 0 Å². The predicted octanol–water partition coefficient (Wildman–Crippen LogP) is 2.87. The summed E-state index contributed by atoms with van der Waals surface area (Å²) in [6.45, 7) is 10.6. The Bertz CT molecular complexity index is 318. The van der Waals surface area contributed by atoms with Crippen LogP contribution < -0.4 is 0 Å². The highest BCUT2D eigenvalue weighted by Gasteiger charge is 2.26. The van der Waals surface area contributed by atoms with Crippen molar-refractivity contribution in [1.29, 1.82) is 0 Å². The number of hydrogen-bond acceptors (Lipinski definition) is 6. The normalized spacial score (nSPS) is 14.1. The van der Waals surface area contributed by atoms with Gasteiger partial charge in [-0.2, -0.15) is 0 Å². The van der Waals surface area contributed by atoms with Gasteiger partial charge in [0, 0.05) is 6.42 Å². The van der Waals surface area contributed by atoms with E-state index in [1.165, 1.54) is 0 Å². The molecule has 0 aliphatic rings. The van der Waals surface area contributed by atoms with Gasteiger partial charge in [-0.1, -0.05) is 19.8 Å². The highest BCUT2D eigenvalue weighted by molar-refractivity contribution is 5.37. The second-order valence-corrected chi connectivity index (χ2v) is 6.44. The lowest BCUT2D eigenvalue weighted by atomic mass is 9.95. The molecule has 0 radical (unpaired) electrons. The van der Waals surface area contributed by atoms with Crippen LogP contribution in [0.5, 0.6) is 0 Å². The minimum Gasteiger partial charge on any atom is -0.468 e. The van der Waals surface area contributed by atoms with E-state index in [9.17, 15) is 9.59 Å². The van der Waals surface area contributed by atoms with E-state index in [2.05, 4.69) is 18.6 Å². The molecule has 1 unspecified atom stereocenters. The number of hydrogen-bond donors (Lipinski definition) is 0. The molecule has 0 saturated carbocycles. The summed E-state index contributed by atoms with van der Waals surface area (Å²) in [4.78, 5) is 20.4. The van der Waals surface area contributed by atoms with Crippen molar-refractivity contribution >= 4 is 12.9 Å². The van der Waals surface area contributed by atoms with Crippen LogP contribution in [0.25, 0.3) is 0 Å². The van der Waals surface area contributed by atoms with E-state index in [-0.39, 0.29) is 17.8 Å². The van der Waals surface area contributed by atoms with Gasteiger partial charge in [0.05, 0.1) is 31.0 Å². The Balaban J connectivity index is 4.20. The van der Waals surface area contributed by atoms with E-state index >= 15 is 0 Å². The first kappa shape index (κ1) is 21.9. The molecular formula is C17H32O6. The average molecular weight is 332 g/mol. The Morgan fingerprint density at radius 3 is 2.04 bits per heavy atom. The van der Waals surface area contributed by atoms with Crippen LogP contribution in [0, 0.1) is 0 Å². The van der Waals surface area contributed by atoms with Crippen LogP contribution in [-0.4, -0.2) is 50.6 Å². The van der Waals surface area contributed by atoms with Crippen LogP contribution in [0.15, 0.2) is 0 Å². The third-order valence-electron chi connectivity index (χ3n) is 3.79. The van der Waals surface area contributed by atoms with Gasteiger partial charge < -0.3 is 18.9 Å². The largest absolute Gasteiger partial charge is 0.468 e. The Morgan fingerprint density at radius 2 is 1.43 bits per heavy atom. The molecule has 0 saturated heterocycles. The van der Waals surface area contributed by atoms with E-state index in [0.29, 0.717) is 39.2 Å². The van der Waals surface area contributed by atoms with Gasteiger partial charge in [-0.25, -0.2) is 0 Å². The molecular weight excluding hydrogens is 300 g/mol. The molecule has 0 heterocycles. The van der Waals surface area contributed by atoms with Crippen molar-refractivity contribution in [3.8, 4) is 0 Å². The molecule has 136 valence electrons. The Kier molecular flexibility index (Phi) is 11.7. The van der Waals surface area contributed by atoms with E-state index in [1.807, 2.05) is 13.8 Å². The summed E-state index contributed by atoms with van der Waals surface area (Å²) in [7, 11) is 0. The van der Waals surface area contributed by atoms with Crippen molar-refractivity contribution in [2.75, 3.05) is 26.4 Å². The molecule has 1 atom stereocenters. The maximum Gasteiger partial charge on any atom is 0.293 e. The fourth-order valence-corrected chi connectivity index (χ4v) is 2.17. The van der Waals surface area contributed by atoms with Gasteiger partial charge in [-0.05, 0) is 33.6 Å². The molecule has 23 heavy (non-hydrogen) atoms. The first-order chi connectivity index (χ1) is 10.9. The highest BCUT2D eigenvalue weighted by Crippen LogP contribution is 2.25. The SMILES string of the molecule is CCCCC(C)(CCOC=O)OCCC(C)(C)OCCOC=O. The first-order valence-electron chi connectivity index (χ1n) is 8.27. The van der Waals surface area contributed by atoms with Crippen molar-refractivity contribution in [1.82, 2.24) is 0 Å². The van der Waals surface area contributed by atoms with Crippen LogP contribution in [-0.2, 0) is 28.5 Å². The summed E-state index contributed by atoms with van der Waals surface area (Å²) >= 11 is 0. The van der Waals surface area contributed by atoms with Crippen molar-refractivity contribution in [2.24, 2.45) is 0 Å². The van der Waals surface area contributed by atoms with Gasteiger partial charge in [0.15, 0.2) is 0 Å². The number of rotatable bonds is 16. The monoisotopic (exact) mass is 332 g/mol. The Labute approximate surface area is 139 Å². The van der Waals surface area contributed by atoms with E-state index in [0.717, 1.165) is 25.7 Å². The van der Waals surface area contributed by atoms with Gasteiger partial charge in [0.25, 0.3) is 12.9 Å². The molecule has 0 aromatic carbocycles. The predicted molar refractivity (Wildman–Crippen MR) is 87.2 cm³/mol. The Hall–Kier alpha value is -1.14. The molecule has 0 N–H and O–H groups in total. The lowest BCUT2D eigenvalue weighted by Crippen LogP contribution is -2.34. The standard InChI is InChI=1S/C17H32O6/c1-5-6-7-17(4,9-10-20-14-18)23-11-8-16(2,3)22-13-12-21-15-19/h14-15H,5-13H2,1-4H3. The molecule has 0 aromatic heterocycles. The zero-order valence-electron chi connectivity index (χ0n) is 15.0. The quantitative estimate of drug-likeness (QED) is 0.320. The van der Waals surface area contributed by atoms with Crippen LogP contribution >= 0.6 is 0 Å². The summed E-state index contributed by atoms with van der Waals surface area (Å²) in [5, 5.41) is 0. The molecule has 6 nitrogen and oxygen atoms in total. The molecule has 0 spiro atoms. The van der Waals surface area contributed by atoms with Gasteiger partial charge in [0.2, 0.25) is 0 Å². The topological polar surface area (TPSA) is 71.1 Å². The molecule has 0 rings (SSSR count). The maximum atomic E-state index is 10.3. The number of carbonyl (C=O) groups excluding carboxylic acids is 2. The summed E-state index contributed by atoms with van der Waals surface area (Å²) in [6, 6.07) is 0. The minimum absolute atomic E-state index is 0.255. The minimum atomic E-state index is -0.350. The molecule has 0 amide bonds. The number of unbranched alkanes of at least 4 members (excludes halogenated alkanes) is 1. The van der Waals surface area contributed by atoms with Crippen LogP contribution in [0.4, 0.5) is 0 Å². The Morgan fingerprint density at radius 1 is 0.783 bits per heavy atom. The smallest absolute Gasteiger partial charge is 0.293 e. The molecule has 0 bridgehead atoms. The lowest BCUT2D eigenvalue weighted by molar-refractivity contribution is -0.135. The van der Waals surface area contributed by atoms with Gasteiger partial charge >= 0.3 is 0 Å².